The van der Waals surface area contributed by atoms with Crippen molar-refractivity contribution in [2.45, 2.75) is 0 Å². The molecule has 1 aliphatic rings. The van der Waals surface area contributed by atoms with Crippen molar-refractivity contribution in [2.24, 2.45) is 0 Å². The first-order valence-electron chi connectivity index (χ1n) is 7.64. The Bertz CT molecular complexity index is 695. The number of hydrogen-bond acceptors (Lipinski definition) is 3. The van der Waals surface area contributed by atoms with Gasteiger partial charge in [0.05, 0.1) is 18.9 Å². The summed E-state index contributed by atoms with van der Waals surface area (Å²) in [7, 11) is 0. The molecule has 0 radical (unpaired) electrons. The Morgan fingerprint density at radius 2 is 1.62 bits per heavy atom. The van der Waals surface area contributed by atoms with Crippen LogP contribution in [-0.4, -0.2) is 37.0 Å². The standard InChI is InChI=1S/C19H18ClNO2.BrH/c20-17-8-6-16(7-9-17)19(22)18(21-10-12-23-13-11-21)14-15-4-2-1-3-5-15;/h1-9,14H,10-13H2;1H/b18-14+;. The van der Waals surface area contributed by atoms with Crippen molar-refractivity contribution in [3.8, 4) is 0 Å². The van der Waals surface area contributed by atoms with Gasteiger partial charge in [-0.2, -0.15) is 0 Å². The van der Waals surface area contributed by atoms with Crippen molar-refractivity contribution in [3.05, 3.63) is 76.4 Å². The molecule has 0 amide bonds. The van der Waals surface area contributed by atoms with Crippen LogP contribution in [-0.2, 0) is 4.74 Å². The van der Waals surface area contributed by atoms with E-state index in [4.69, 9.17) is 16.3 Å². The van der Waals surface area contributed by atoms with Crippen LogP contribution in [0.3, 0.4) is 0 Å². The van der Waals surface area contributed by atoms with Gasteiger partial charge in [0.2, 0.25) is 5.78 Å². The summed E-state index contributed by atoms with van der Waals surface area (Å²) in [4.78, 5) is 15.1. The molecule has 1 fully saturated rings. The third-order valence-electron chi connectivity index (χ3n) is 3.79. The summed E-state index contributed by atoms with van der Waals surface area (Å²) in [6, 6.07) is 16.9. The maximum atomic E-state index is 13.0. The van der Waals surface area contributed by atoms with Gasteiger partial charge in [-0.3, -0.25) is 4.79 Å². The number of carbonyl (C=O) groups excluding carboxylic acids is 1. The number of ether oxygens (including phenoxy) is 1. The lowest BCUT2D eigenvalue weighted by molar-refractivity contribution is 0.0512. The van der Waals surface area contributed by atoms with E-state index in [1.165, 1.54) is 0 Å². The van der Waals surface area contributed by atoms with E-state index in [0.29, 0.717) is 29.5 Å². The predicted octanol–water partition coefficient (Wildman–Crippen LogP) is 4.47. The van der Waals surface area contributed by atoms with E-state index in [1.807, 2.05) is 36.4 Å². The van der Waals surface area contributed by atoms with Crippen LogP contribution in [0.15, 0.2) is 60.3 Å². The number of ketones is 1. The van der Waals surface area contributed by atoms with Crippen LogP contribution in [0.2, 0.25) is 5.02 Å². The fourth-order valence-corrected chi connectivity index (χ4v) is 2.69. The van der Waals surface area contributed by atoms with Gasteiger partial charge in [0.25, 0.3) is 0 Å². The Kier molecular flexibility index (Phi) is 7.03. The highest BCUT2D eigenvalue weighted by Crippen LogP contribution is 2.19. The molecule has 0 aliphatic carbocycles. The number of nitrogens with zero attached hydrogens (tertiary/aromatic N) is 1. The average molecular weight is 409 g/mol. The molecular weight excluding hydrogens is 390 g/mol. The molecule has 126 valence electrons. The number of hydrogen-bond donors (Lipinski definition) is 0. The Balaban J connectivity index is 0.00000208. The van der Waals surface area contributed by atoms with E-state index in [2.05, 4.69) is 4.90 Å². The maximum absolute atomic E-state index is 13.0. The number of morpholine rings is 1. The second-order valence-corrected chi connectivity index (χ2v) is 5.81. The van der Waals surface area contributed by atoms with Gasteiger partial charge in [-0.05, 0) is 35.9 Å². The van der Waals surface area contributed by atoms with Crippen molar-refractivity contribution < 1.29 is 9.53 Å². The number of benzene rings is 2. The molecule has 1 saturated heterocycles. The summed E-state index contributed by atoms with van der Waals surface area (Å²) >= 11 is 5.92. The van der Waals surface area contributed by atoms with Crippen molar-refractivity contribution >= 4 is 40.4 Å². The number of halogens is 2. The quantitative estimate of drug-likeness (QED) is 0.552. The number of Topliss-reactive ketones (excluding diaryl/α,β-unsaturated/α-hetero) is 1. The summed E-state index contributed by atoms with van der Waals surface area (Å²) in [5, 5.41) is 0.626. The molecule has 0 bridgehead atoms. The zero-order valence-corrected chi connectivity index (χ0v) is 15.6. The van der Waals surface area contributed by atoms with Crippen LogP contribution < -0.4 is 0 Å². The van der Waals surface area contributed by atoms with E-state index in [0.717, 1.165) is 18.7 Å². The van der Waals surface area contributed by atoms with Gasteiger partial charge in [-0.15, -0.1) is 17.0 Å². The van der Waals surface area contributed by atoms with E-state index < -0.39 is 0 Å². The molecule has 1 heterocycles. The van der Waals surface area contributed by atoms with Crippen LogP contribution >= 0.6 is 28.6 Å². The van der Waals surface area contributed by atoms with Crippen molar-refractivity contribution in [1.82, 2.24) is 4.90 Å². The Labute approximate surface area is 157 Å². The Hall–Kier alpha value is -1.62. The molecule has 2 aromatic carbocycles. The molecule has 3 nitrogen and oxygen atoms in total. The smallest absolute Gasteiger partial charge is 0.209 e. The van der Waals surface area contributed by atoms with E-state index in [9.17, 15) is 4.79 Å². The number of carbonyl (C=O) groups is 1. The van der Waals surface area contributed by atoms with Gasteiger partial charge < -0.3 is 9.64 Å². The third kappa shape index (κ3) is 4.69. The predicted molar refractivity (Wildman–Crippen MR) is 103 cm³/mol. The lowest BCUT2D eigenvalue weighted by Gasteiger charge is -2.30. The number of allylic oxidation sites excluding steroid dienone is 1. The summed E-state index contributed by atoms with van der Waals surface area (Å²) in [5.74, 6) is 0.00687. The van der Waals surface area contributed by atoms with Gasteiger partial charge >= 0.3 is 0 Å². The van der Waals surface area contributed by atoms with Crippen molar-refractivity contribution in [1.29, 1.82) is 0 Å². The molecular formula is C19H19BrClNO2. The number of rotatable bonds is 4. The van der Waals surface area contributed by atoms with Crippen LogP contribution in [0.4, 0.5) is 0 Å². The third-order valence-corrected chi connectivity index (χ3v) is 4.05. The van der Waals surface area contributed by atoms with Crippen molar-refractivity contribution in [3.63, 3.8) is 0 Å². The zero-order chi connectivity index (χ0) is 16.1. The lowest BCUT2D eigenvalue weighted by Crippen LogP contribution is -2.38. The van der Waals surface area contributed by atoms with Crippen molar-refractivity contribution in [2.75, 3.05) is 26.3 Å². The molecule has 0 N–H and O–H groups in total. The van der Waals surface area contributed by atoms with Crippen LogP contribution in [0.25, 0.3) is 6.08 Å². The lowest BCUT2D eigenvalue weighted by atomic mass is 10.0. The summed E-state index contributed by atoms with van der Waals surface area (Å²) < 4.78 is 5.40. The first kappa shape index (κ1) is 18.7. The highest BCUT2D eigenvalue weighted by atomic mass is 79.9. The monoisotopic (exact) mass is 407 g/mol. The van der Waals surface area contributed by atoms with E-state index in [-0.39, 0.29) is 22.8 Å². The van der Waals surface area contributed by atoms with Gasteiger partial charge in [-0.1, -0.05) is 41.9 Å². The molecule has 1 aliphatic heterocycles. The molecule has 0 atom stereocenters. The normalized spacial score (nSPS) is 14.9. The molecule has 0 unspecified atom stereocenters. The minimum Gasteiger partial charge on any atom is -0.378 e. The molecule has 24 heavy (non-hydrogen) atoms. The second kappa shape index (κ2) is 9.02. The Morgan fingerprint density at radius 1 is 1.00 bits per heavy atom. The van der Waals surface area contributed by atoms with Gasteiger partial charge in [0.1, 0.15) is 0 Å². The summed E-state index contributed by atoms with van der Waals surface area (Å²) in [5.41, 5.74) is 2.35. The first-order chi connectivity index (χ1) is 11.2. The SMILES string of the molecule is Br.O=C(/C(=C\c1ccccc1)N1CCOCC1)c1ccc(Cl)cc1. The fourth-order valence-electron chi connectivity index (χ4n) is 2.56. The largest absolute Gasteiger partial charge is 0.378 e. The molecule has 0 saturated carbocycles. The molecule has 5 heteroatoms. The summed E-state index contributed by atoms with van der Waals surface area (Å²) in [6.45, 7) is 2.72. The topological polar surface area (TPSA) is 29.5 Å². The fraction of sp³-hybridized carbons (Fsp3) is 0.211. The minimum atomic E-state index is 0. The molecule has 2 aromatic rings. The van der Waals surface area contributed by atoms with E-state index in [1.54, 1.807) is 24.3 Å². The highest BCUT2D eigenvalue weighted by molar-refractivity contribution is 8.93. The molecule has 0 aromatic heterocycles. The van der Waals surface area contributed by atoms with Gasteiger partial charge in [0, 0.05) is 23.7 Å². The minimum absolute atomic E-state index is 0. The van der Waals surface area contributed by atoms with Crippen LogP contribution in [0.1, 0.15) is 15.9 Å². The van der Waals surface area contributed by atoms with E-state index >= 15 is 0 Å². The Morgan fingerprint density at radius 3 is 2.25 bits per heavy atom. The van der Waals surface area contributed by atoms with Gasteiger partial charge in [0.15, 0.2) is 0 Å². The summed E-state index contributed by atoms with van der Waals surface area (Å²) in [6.07, 6.45) is 1.95. The van der Waals surface area contributed by atoms with Crippen LogP contribution in [0.5, 0.6) is 0 Å². The second-order valence-electron chi connectivity index (χ2n) is 5.38. The molecule has 3 rings (SSSR count). The van der Waals surface area contributed by atoms with Gasteiger partial charge in [-0.25, -0.2) is 0 Å². The molecule has 0 spiro atoms. The first-order valence-corrected chi connectivity index (χ1v) is 8.01. The maximum Gasteiger partial charge on any atom is 0.209 e. The highest BCUT2D eigenvalue weighted by Gasteiger charge is 2.21. The van der Waals surface area contributed by atoms with Crippen LogP contribution in [0, 0.1) is 0 Å². The zero-order valence-electron chi connectivity index (χ0n) is 13.2. The average Bonchev–Trinajstić information content (AvgIpc) is 2.61.